The van der Waals surface area contributed by atoms with E-state index in [0.717, 1.165) is 23.2 Å². The second-order valence-electron chi connectivity index (χ2n) is 2.73. The molecule has 0 spiro atoms. The molecule has 1 aromatic rings. The van der Waals surface area contributed by atoms with E-state index in [1.807, 2.05) is 0 Å². The molecule has 1 unspecified atom stereocenters. The van der Waals surface area contributed by atoms with Crippen LogP contribution in [0.4, 0.5) is 0 Å². The Balaban J connectivity index is 2.34. The molecule has 1 heterocycles. The molecule has 1 N–H and O–H groups in total. The van der Waals surface area contributed by atoms with Crippen molar-refractivity contribution in [1.82, 2.24) is 4.98 Å². The van der Waals surface area contributed by atoms with Gasteiger partial charge in [0.05, 0.1) is 11.8 Å². The molecular weight excluding hydrogens is 226 g/mol. The van der Waals surface area contributed by atoms with E-state index in [4.69, 9.17) is 0 Å². The van der Waals surface area contributed by atoms with Crippen LogP contribution < -0.4 is 0 Å². The highest BCUT2D eigenvalue weighted by Gasteiger charge is 2.19. The second kappa shape index (κ2) is 2.84. The van der Waals surface area contributed by atoms with Gasteiger partial charge >= 0.3 is 0 Å². The molecule has 1 aliphatic carbocycles. The molecule has 0 saturated heterocycles. The van der Waals surface area contributed by atoms with E-state index in [1.54, 1.807) is 11.3 Å². The van der Waals surface area contributed by atoms with Gasteiger partial charge in [0.1, 0.15) is 0 Å². The van der Waals surface area contributed by atoms with E-state index in [-0.39, 0.29) is 6.10 Å². The summed E-state index contributed by atoms with van der Waals surface area (Å²) < 4.78 is 0.941. The van der Waals surface area contributed by atoms with Crippen molar-refractivity contribution in [1.29, 1.82) is 0 Å². The Morgan fingerprint density at radius 3 is 3.27 bits per heavy atom. The minimum atomic E-state index is -0.144. The van der Waals surface area contributed by atoms with Gasteiger partial charge in [-0.1, -0.05) is 0 Å². The van der Waals surface area contributed by atoms with Crippen LogP contribution in [0, 0.1) is 0 Å². The predicted octanol–water partition coefficient (Wildman–Crippen LogP) is 1.76. The Bertz CT molecular complexity index is 273. The number of aryl methyl sites for hydroxylation is 1. The summed E-state index contributed by atoms with van der Waals surface area (Å²) in [6, 6.07) is 0. The summed E-state index contributed by atoms with van der Waals surface area (Å²) in [4.78, 5) is 5.56. The first-order chi connectivity index (χ1) is 5.25. The third kappa shape index (κ3) is 1.48. The Labute approximate surface area is 77.4 Å². The molecule has 1 atom stereocenters. The first-order valence-electron chi connectivity index (χ1n) is 3.58. The van der Waals surface area contributed by atoms with Crippen LogP contribution in [0.3, 0.4) is 0 Å². The summed E-state index contributed by atoms with van der Waals surface area (Å²) in [5.41, 5.74) is 1.17. The van der Waals surface area contributed by atoms with Gasteiger partial charge in [-0.15, -0.1) is 11.3 Å². The molecule has 0 bridgehead atoms. The SMILES string of the molecule is OC1CCc2nc(Br)sc2C1. The Morgan fingerprint density at radius 1 is 1.64 bits per heavy atom. The molecule has 0 aliphatic heterocycles. The van der Waals surface area contributed by atoms with Crippen molar-refractivity contribution >= 4 is 27.3 Å². The van der Waals surface area contributed by atoms with E-state index >= 15 is 0 Å². The van der Waals surface area contributed by atoms with Gasteiger partial charge in [0.15, 0.2) is 3.92 Å². The van der Waals surface area contributed by atoms with Crippen molar-refractivity contribution in [2.75, 3.05) is 0 Å². The number of fused-ring (bicyclic) bond motifs is 1. The van der Waals surface area contributed by atoms with Crippen LogP contribution in [0.15, 0.2) is 3.92 Å². The van der Waals surface area contributed by atoms with E-state index in [9.17, 15) is 5.11 Å². The lowest BCUT2D eigenvalue weighted by Crippen LogP contribution is -2.17. The minimum Gasteiger partial charge on any atom is -0.393 e. The summed E-state index contributed by atoms with van der Waals surface area (Å²) >= 11 is 4.98. The molecule has 60 valence electrons. The maximum atomic E-state index is 9.33. The maximum absolute atomic E-state index is 9.33. The molecule has 1 aliphatic rings. The van der Waals surface area contributed by atoms with Gasteiger partial charge < -0.3 is 5.11 Å². The molecule has 4 heteroatoms. The molecule has 2 rings (SSSR count). The normalized spacial score (nSPS) is 23.3. The van der Waals surface area contributed by atoms with Gasteiger partial charge in [-0.2, -0.15) is 0 Å². The highest BCUT2D eigenvalue weighted by Crippen LogP contribution is 2.29. The van der Waals surface area contributed by atoms with E-state index in [2.05, 4.69) is 20.9 Å². The van der Waals surface area contributed by atoms with Gasteiger partial charge in [-0.3, -0.25) is 0 Å². The number of aliphatic hydroxyl groups is 1. The van der Waals surface area contributed by atoms with Crippen LogP contribution in [-0.2, 0) is 12.8 Å². The zero-order chi connectivity index (χ0) is 7.84. The van der Waals surface area contributed by atoms with Crippen LogP contribution in [-0.4, -0.2) is 16.2 Å². The van der Waals surface area contributed by atoms with E-state index in [0.29, 0.717) is 0 Å². The van der Waals surface area contributed by atoms with Gasteiger partial charge in [-0.25, -0.2) is 4.98 Å². The zero-order valence-electron chi connectivity index (χ0n) is 5.88. The minimum absolute atomic E-state index is 0.144. The second-order valence-corrected chi connectivity index (χ2v) is 5.09. The van der Waals surface area contributed by atoms with Gasteiger partial charge in [-0.05, 0) is 28.8 Å². The number of hydrogen-bond acceptors (Lipinski definition) is 3. The lowest BCUT2D eigenvalue weighted by atomic mass is 10.0. The maximum Gasteiger partial charge on any atom is 0.159 e. The average molecular weight is 234 g/mol. The smallest absolute Gasteiger partial charge is 0.159 e. The van der Waals surface area contributed by atoms with Crippen molar-refractivity contribution in [3.05, 3.63) is 14.5 Å². The quantitative estimate of drug-likeness (QED) is 0.741. The molecule has 0 saturated carbocycles. The van der Waals surface area contributed by atoms with Crippen molar-refractivity contribution in [3.8, 4) is 0 Å². The van der Waals surface area contributed by atoms with E-state index in [1.165, 1.54) is 10.6 Å². The first-order valence-corrected chi connectivity index (χ1v) is 5.19. The fourth-order valence-corrected chi connectivity index (χ4v) is 3.03. The molecular formula is C7H8BrNOS. The van der Waals surface area contributed by atoms with E-state index < -0.39 is 0 Å². The number of nitrogens with zero attached hydrogens (tertiary/aromatic N) is 1. The highest BCUT2D eigenvalue weighted by molar-refractivity contribution is 9.11. The van der Waals surface area contributed by atoms with Crippen molar-refractivity contribution in [2.24, 2.45) is 0 Å². The topological polar surface area (TPSA) is 33.1 Å². The molecule has 2 nitrogen and oxygen atoms in total. The number of rotatable bonds is 0. The lowest BCUT2D eigenvalue weighted by Gasteiger charge is -2.14. The summed E-state index contributed by atoms with van der Waals surface area (Å²) in [6.07, 6.45) is 2.44. The van der Waals surface area contributed by atoms with Gasteiger partial charge in [0.25, 0.3) is 0 Å². The Hall–Kier alpha value is 0.0700. The molecule has 0 radical (unpaired) electrons. The monoisotopic (exact) mass is 233 g/mol. The van der Waals surface area contributed by atoms with Crippen LogP contribution in [0.2, 0.25) is 0 Å². The molecule has 11 heavy (non-hydrogen) atoms. The molecule has 0 aromatic carbocycles. The summed E-state index contributed by atoms with van der Waals surface area (Å²) in [6.45, 7) is 0. The number of halogens is 1. The number of aromatic nitrogens is 1. The fourth-order valence-electron chi connectivity index (χ4n) is 1.33. The summed E-state index contributed by atoms with van der Waals surface area (Å²) in [7, 11) is 0. The third-order valence-electron chi connectivity index (χ3n) is 1.89. The average Bonchev–Trinajstić information content (AvgIpc) is 2.27. The summed E-state index contributed by atoms with van der Waals surface area (Å²) in [5, 5.41) is 9.33. The highest BCUT2D eigenvalue weighted by atomic mass is 79.9. The molecule has 0 amide bonds. The fraction of sp³-hybridized carbons (Fsp3) is 0.571. The Kier molecular flexibility index (Phi) is 1.99. The largest absolute Gasteiger partial charge is 0.393 e. The molecule has 1 aromatic heterocycles. The first kappa shape index (κ1) is 7.71. The molecule has 0 fully saturated rings. The van der Waals surface area contributed by atoms with Crippen LogP contribution in [0.5, 0.6) is 0 Å². The van der Waals surface area contributed by atoms with Crippen molar-refractivity contribution < 1.29 is 5.11 Å². The lowest BCUT2D eigenvalue weighted by molar-refractivity contribution is 0.159. The zero-order valence-corrected chi connectivity index (χ0v) is 8.28. The summed E-state index contributed by atoms with van der Waals surface area (Å²) in [5.74, 6) is 0. The number of thiazole rings is 1. The standard InChI is InChI=1S/C7H8BrNOS/c8-7-9-5-2-1-4(10)3-6(5)11-7/h4,10H,1-3H2. The van der Waals surface area contributed by atoms with Gasteiger partial charge in [0, 0.05) is 11.3 Å². The Morgan fingerprint density at radius 2 is 2.45 bits per heavy atom. The third-order valence-corrected chi connectivity index (χ3v) is 3.46. The van der Waals surface area contributed by atoms with Gasteiger partial charge in [0.2, 0.25) is 0 Å². The van der Waals surface area contributed by atoms with Crippen molar-refractivity contribution in [3.63, 3.8) is 0 Å². The van der Waals surface area contributed by atoms with Crippen LogP contribution in [0.25, 0.3) is 0 Å². The van der Waals surface area contributed by atoms with Crippen molar-refractivity contribution in [2.45, 2.75) is 25.4 Å². The van der Waals surface area contributed by atoms with Crippen LogP contribution in [0.1, 0.15) is 17.0 Å². The predicted molar refractivity (Wildman–Crippen MR) is 47.8 cm³/mol. The number of hydrogen-bond donors (Lipinski definition) is 1. The number of aliphatic hydroxyl groups excluding tert-OH is 1. The van der Waals surface area contributed by atoms with Crippen LogP contribution >= 0.6 is 27.3 Å².